The first kappa shape index (κ1) is 18.4. The Balaban J connectivity index is 1.50. The number of benzene rings is 3. The van der Waals surface area contributed by atoms with Crippen LogP contribution in [0.25, 0.3) is 0 Å². The lowest BCUT2D eigenvalue weighted by molar-refractivity contribution is -0.144. The minimum absolute atomic E-state index is 0.0672. The van der Waals surface area contributed by atoms with Crippen LogP contribution in [0.4, 0.5) is 0 Å². The molecule has 0 aromatic heterocycles. The fourth-order valence-corrected chi connectivity index (χ4v) is 5.02. The van der Waals surface area contributed by atoms with Crippen molar-refractivity contribution in [3.63, 3.8) is 0 Å². The maximum Gasteiger partial charge on any atom is 0.311 e. The summed E-state index contributed by atoms with van der Waals surface area (Å²) in [5.41, 5.74) is 4.29. The first-order chi connectivity index (χ1) is 14.2. The summed E-state index contributed by atoms with van der Waals surface area (Å²) in [6.07, 6.45) is -0.297. The molecule has 4 atom stereocenters. The molecule has 3 aromatic rings. The number of ether oxygens (including phenoxy) is 2. The van der Waals surface area contributed by atoms with Gasteiger partial charge in [-0.2, -0.15) is 0 Å². The summed E-state index contributed by atoms with van der Waals surface area (Å²) in [5.74, 6) is -0.631. The van der Waals surface area contributed by atoms with Gasteiger partial charge in [-0.3, -0.25) is 4.79 Å². The number of carbonyl (C=O) groups is 1. The summed E-state index contributed by atoms with van der Waals surface area (Å²) in [6.45, 7) is 0.973. The van der Waals surface area contributed by atoms with Crippen LogP contribution >= 0.6 is 11.6 Å². The Kier molecular flexibility index (Phi) is 4.86. The summed E-state index contributed by atoms with van der Waals surface area (Å²) in [5, 5.41) is 0.675. The second-order valence-corrected chi connectivity index (χ2v) is 8.07. The molecule has 1 aliphatic heterocycles. The molecular formula is C25H21ClO3. The van der Waals surface area contributed by atoms with Crippen LogP contribution in [0.3, 0.4) is 0 Å². The molecule has 2 aliphatic rings. The SMILES string of the molecule is O=C1O[C@@H]2c3ccccc3[C@H](COCc3ccccc3)[C@H]1[C@H]2c1ccccc1Cl. The molecule has 0 unspecified atom stereocenters. The third-order valence-electron chi connectivity index (χ3n) is 6.04. The Morgan fingerprint density at radius 1 is 0.793 bits per heavy atom. The number of hydrogen-bond donors (Lipinski definition) is 0. The van der Waals surface area contributed by atoms with Crippen molar-refractivity contribution in [3.8, 4) is 0 Å². The Bertz CT molecular complexity index is 1030. The van der Waals surface area contributed by atoms with Crippen molar-refractivity contribution in [2.75, 3.05) is 6.61 Å². The Labute approximate surface area is 175 Å². The molecule has 3 nitrogen and oxygen atoms in total. The zero-order chi connectivity index (χ0) is 19.8. The van der Waals surface area contributed by atoms with Crippen molar-refractivity contribution >= 4 is 17.6 Å². The highest BCUT2D eigenvalue weighted by Gasteiger charge is 2.55. The maximum absolute atomic E-state index is 12.9. The van der Waals surface area contributed by atoms with E-state index in [0.717, 1.165) is 22.3 Å². The Hall–Kier alpha value is -2.62. The van der Waals surface area contributed by atoms with Gasteiger partial charge in [-0.15, -0.1) is 0 Å². The van der Waals surface area contributed by atoms with E-state index in [-0.39, 0.29) is 29.8 Å². The van der Waals surface area contributed by atoms with Crippen molar-refractivity contribution in [2.45, 2.75) is 24.5 Å². The molecule has 1 heterocycles. The van der Waals surface area contributed by atoms with E-state index in [1.165, 1.54) is 0 Å². The van der Waals surface area contributed by atoms with Crippen LogP contribution in [0, 0.1) is 5.92 Å². The molecule has 1 fully saturated rings. The normalized spacial score (nSPS) is 24.8. The molecular weight excluding hydrogens is 384 g/mol. The lowest BCUT2D eigenvalue weighted by Crippen LogP contribution is -2.31. The first-order valence-corrected chi connectivity index (χ1v) is 10.3. The average Bonchev–Trinajstić information content (AvgIpc) is 3.03. The molecule has 4 heteroatoms. The third-order valence-corrected chi connectivity index (χ3v) is 6.38. The van der Waals surface area contributed by atoms with Crippen molar-refractivity contribution < 1.29 is 14.3 Å². The van der Waals surface area contributed by atoms with E-state index in [1.54, 1.807) is 0 Å². The number of rotatable bonds is 5. The molecule has 0 radical (unpaired) electrons. The largest absolute Gasteiger partial charge is 0.457 e. The fraction of sp³-hybridized carbons (Fsp3) is 0.240. The van der Waals surface area contributed by atoms with Crippen molar-refractivity contribution in [3.05, 3.63) is 106 Å². The van der Waals surface area contributed by atoms with E-state index < -0.39 is 0 Å². The lowest BCUT2D eigenvalue weighted by atomic mass is 9.67. The molecule has 0 N–H and O–H groups in total. The van der Waals surface area contributed by atoms with E-state index in [0.29, 0.717) is 18.2 Å². The van der Waals surface area contributed by atoms with E-state index in [9.17, 15) is 4.79 Å². The number of fused-ring (bicyclic) bond motifs is 4. The Morgan fingerprint density at radius 3 is 2.21 bits per heavy atom. The van der Waals surface area contributed by atoms with Gasteiger partial charge in [0.25, 0.3) is 0 Å². The minimum Gasteiger partial charge on any atom is -0.457 e. The highest BCUT2D eigenvalue weighted by atomic mass is 35.5. The second-order valence-electron chi connectivity index (χ2n) is 7.67. The molecule has 0 amide bonds. The van der Waals surface area contributed by atoms with Crippen LogP contribution < -0.4 is 0 Å². The third kappa shape index (κ3) is 3.25. The average molecular weight is 405 g/mol. The van der Waals surface area contributed by atoms with Crippen LogP contribution in [-0.2, 0) is 20.9 Å². The minimum atomic E-state index is -0.300. The van der Waals surface area contributed by atoms with Crippen LogP contribution in [0.5, 0.6) is 0 Å². The molecule has 5 rings (SSSR count). The highest BCUT2D eigenvalue weighted by molar-refractivity contribution is 6.31. The van der Waals surface area contributed by atoms with Crippen LogP contribution in [0.15, 0.2) is 78.9 Å². The summed E-state index contributed by atoms with van der Waals surface area (Å²) in [7, 11) is 0. The smallest absolute Gasteiger partial charge is 0.311 e. The molecule has 29 heavy (non-hydrogen) atoms. The van der Waals surface area contributed by atoms with Gasteiger partial charge in [0, 0.05) is 16.9 Å². The second kappa shape index (κ2) is 7.66. The van der Waals surface area contributed by atoms with Crippen LogP contribution in [-0.4, -0.2) is 12.6 Å². The first-order valence-electron chi connectivity index (χ1n) is 9.89. The van der Waals surface area contributed by atoms with Crippen LogP contribution in [0.2, 0.25) is 5.02 Å². The van der Waals surface area contributed by atoms with Gasteiger partial charge in [-0.05, 0) is 28.3 Å². The molecule has 3 aromatic carbocycles. The van der Waals surface area contributed by atoms with Gasteiger partial charge in [0.15, 0.2) is 0 Å². The lowest BCUT2D eigenvalue weighted by Gasteiger charge is -2.35. The number of carbonyl (C=O) groups excluding carboxylic acids is 1. The topological polar surface area (TPSA) is 35.5 Å². The number of hydrogen-bond acceptors (Lipinski definition) is 3. The van der Waals surface area contributed by atoms with Crippen LogP contribution in [0.1, 0.15) is 40.2 Å². The molecule has 0 spiro atoms. The molecule has 146 valence electrons. The van der Waals surface area contributed by atoms with E-state index >= 15 is 0 Å². The quantitative estimate of drug-likeness (QED) is 0.515. The van der Waals surface area contributed by atoms with E-state index in [4.69, 9.17) is 21.1 Å². The van der Waals surface area contributed by atoms with E-state index in [1.807, 2.05) is 66.7 Å². The maximum atomic E-state index is 12.9. The summed E-state index contributed by atoms with van der Waals surface area (Å²) in [6, 6.07) is 26.0. The van der Waals surface area contributed by atoms with Crippen molar-refractivity contribution in [1.82, 2.24) is 0 Å². The van der Waals surface area contributed by atoms with Gasteiger partial charge in [0.1, 0.15) is 6.10 Å². The van der Waals surface area contributed by atoms with Crippen molar-refractivity contribution in [1.29, 1.82) is 0 Å². The summed E-state index contributed by atoms with van der Waals surface area (Å²) < 4.78 is 12.0. The molecule has 1 saturated heterocycles. The van der Waals surface area contributed by atoms with E-state index in [2.05, 4.69) is 12.1 Å². The predicted molar refractivity (Wildman–Crippen MR) is 112 cm³/mol. The van der Waals surface area contributed by atoms with Gasteiger partial charge in [0.05, 0.1) is 19.1 Å². The fourth-order valence-electron chi connectivity index (χ4n) is 4.76. The zero-order valence-corrected chi connectivity index (χ0v) is 16.6. The Morgan fingerprint density at radius 2 is 1.45 bits per heavy atom. The van der Waals surface area contributed by atoms with Crippen molar-refractivity contribution in [2.24, 2.45) is 5.92 Å². The summed E-state index contributed by atoms with van der Waals surface area (Å²) >= 11 is 6.52. The predicted octanol–water partition coefficient (Wildman–Crippen LogP) is 5.65. The standard InChI is InChI=1S/C25H21ClO3/c26-21-13-7-6-12-19(21)22-23-20(15-28-14-16-8-2-1-3-9-16)17-10-4-5-11-18(17)24(22)29-25(23)27/h1-13,20,22-24H,14-15H2/t20-,22+,23-,24+/m0/s1. The molecule has 0 saturated carbocycles. The highest BCUT2D eigenvalue weighted by Crippen LogP contribution is 2.57. The van der Waals surface area contributed by atoms with Gasteiger partial charge in [-0.1, -0.05) is 84.4 Å². The zero-order valence-electron chi connectivity index (χ0n) is 15.8. The molecule has 2 bridgehead atoms. The number of esters is 1. The molecule has 1 aliphatic carbocycles. The number of halogens is 1. The monoisotopic (exact) mass is 404 g/mol. The summed E-state index contributed by atoms with van der Waals surface area (Å²) in [4.78, 5) is 12.9. The van der Waals surface area contributed by atoms with Gasteiger partial charge in [0.2, 0.25) is 0 Å². The van der Waals surface area contributed by atoms with Gasteiger partial charge in [-0.25, -0.2) is 0 Å². The van der Waals surface area contributed by atoms with Gasteiger partial charge >= 0.3 is 5.97 Å². The van der Waals surface area contributed by atoms with Gasteiger partial charge < -0.3 is 9.47 Å².